The number of ether oxygens (including phenoxy) is 2. The van der Waals surface area contributed by atoms with Crippen LogP contribution in [0, 0.1) is 5.92 Å². The molecule has 0 unspecified atom stereocenters. The number of hydrogen-bond donors (Lipinski definition) is 0. The maximum atomic E-state index is 5.63. The monoisotopic (exact) mass is 156 g/mol. The van der Waals surface area contributed by atoms with Gasteiger partial charge in [-0.1, -0.05) is 13.3 Å². The van der Waals surface area contributed by atoms with Crippen molar-refractivity contribution >= 4 is 0 Å². The molecule has 64 valence electrons. The Hall–Kier alpha value is -0.0800. The van der Waals surface area contributed by atoms with Crippen LogP contribution >= 0.6 is 0 Å². The van der Waals surface area contributed by atoms with Gasteiger partial charge in [0.05, 0.1) is 13.2 Å². The summed E-state index contributed by atoms with van der Waals surface area (Å²) in [4.78, 5) is 0. The molecular weight excluding hydrogens is 140 g/mol. The maximum Gasteiger partial charge on any atom is 0.168 e. The molecule has 0 bridgehead atoms. The van der Waals surface area contributed by atoms with E-state index in [0.717, 1.165) is 32.0 Å². The smallest absolute Gasteiger partial charge is 0.168 e. The molecule has 2 fully saturated rings. The van der Waals surface area contributed by atoms with Gasteiger partial charge in [0.25, 0.3) is 0 Å². The van der Waals surface area contributed by atoms with Crippen LogP contribution in [0.1, 0.15) is 32.6 Å². The van der Waals surface area contributed by atoms with E-state index in [-0.39, 0.29) is 5.79 Å². The molecule has 0 aromatic carbocycles. The summed E-state index contributed by atoms with van der Waals surface area (Å²) in [6.07, 6.45) is 4.82. The Morgan fingerprint density at radius 1 is 1.27 bits per heavy atom. The first-order valence-corrected chi connectivity index (χ1v) is 4.59. The van der Waals surface area contributed by atoms with Crippen LogP contribution in [0.4, 0.5) is 0 Å². The molecule has 1 saturated carbocycles. The molecule has 0 aromatic rings. The molecule has 1 spiro atoms. The van der Waals surface area contributed by atoms with Crippen LogP contribution in [-0.4, -0.2) is 19.0 Å². The molecule has 0 aromatic heterocycles. The highest BCUT2D eigenvalue weighted by atomic mass is 16.7. The van der Waals surface area contributed by atoms with Crippen LogP contribution in [0.2, 0.25) is 0 Å². The fourth-order valence-electron chi connectivity index (χ4n) is 2.21. The Bertz CT molecular complexity index is 138. The van der Waals surface area contributed by atoms with Crippen molar-refractivity contribution in [1.29, 1.82) is 0 Å². The summed E-state index contributed by atoms with van der Waals surface area (Å²) in [5.74, 6) is 0.624. The van der Waals surface area contributed by atoms with Gasteiger partial charge in [-0.3, -0.25) is 0 Å². The first kappa shape index (κ1) is 7.56. The molecule has 1 aliphatic heterocycles. The Labute approximate surface area is 67.9 Å². The van der Waals surface area contributed by atoms with Crippen molar-refractivity contribution in [1.82, 2.24) is 0 Å². The van der Waals surface area contributed by atoms with Gasteiger partial charge in [0, 0.05) is 12.8 Å². The first-order chi connectivity index (χ1) is 5.31. The predicted octanol–water partition coefficient (Wildman–Crippen LogP) is 1.94. The van der Waals surface area contributed by atoms with Crippen LogP contribution in [0.5, 0.6) is 0 Å². The maximum absolute atomic E-state index is 5.63. The lowest BCUT2D eigenvalue weighted by molar-refractivity contribution is -0.185. The fourth-order valence-corrected chi connectivity index (χ4v) is 2.21. The zero-order valence-corrected chi connectivity index (χ0v) is 7.14. The lowest BCUT2D eigenvalue weighted by Gasteiger charge is -2.34. The van der Waals surface area contributed by atoms with Crippen molar-refractivity contribution in [2.45, 2.75) is 38.4 Å². The second kappa shape index (κ2) is 2.76. The normalized spacial score (nSPS) is 36.3. The third-order valence-corrected chi connectivity index (χ3v) is 2.73. The molecule has 1 aliphatic carbocycles. The third kappa shape index (κ3) is 1.42. The molecule has 0 N–H and O–H groups in total. The second-order valence-electron chi connectivity index (χ2n) is 3.81. The van der Waals surface area contributed by atoms with Crippen molar-refractivity contribution in [3.05, 3.63) is 0 Å². The van der Waals surface area contributed by atoms with Gasteiger partial charge in [0.2, 0.25) is 0 Å². The minimum atomic E-state index is -0.155. The van der Waals surface area contributed by atoms with Gasteiger partial charge < -0.3 is 9.47 Å². The van der Waals surface area contributed by atoms with Crippen LogP contribution in [-0.2, 0) is 9.47 Å². The van der Waals surface area contributed by atoms with E-state index in [2.05, 4.69) is 6.92 Å². The van der Waals surface area contributed by atoms with Crippen molar-refractivity contribution in [3.63, 3.8) is 0 Å². The first-order valence-electron chi connectivity index (χ1n) is 4.59. The molecule has 2 rings (SSSR count). The Morgan fingerprint density at radius 3 is 2.64 bits per heavy atom. The van der Waals surface area contributed by atoms with E-state index in [4.69, 9.17) is 9.47 Å². The summed E-state index contributed by atoms with van der Waals surface area (Å²) in [5.41, 5.74) is 0. The highest BCUT2D eigenvalue weighted by Gasteiger charge is 2.39. The van der Waals surface area contributed by atoms with Gasteiger partial charge in [0.15, 0.2) is 5.79 Å². The fraction of sp³-hybridized carbons (Fsp3) is 1.00. The van der Waals surface area contributed by atoms with Gasteiger partial charge in [-0.25, -0.2) is 0 Å². The van der Waals surface area contributed by atoms with E-state index in [9.17, 15) is 0 Å². The highest BCUT2D eigenvalue weighted by molar-refractivity contribution is 4.81. The van der Waals surface area contributed by atoms with E-state index < -0.39 is 0 Å². The predicted molar refractivity (Wildman–Crippen MR) is 42.3 cm³/mol. The molecule has 0 amide bonds. The van der Waals surface area contributed by atoms with Gasteiger partial charge in [0.1, 0.15) is 0 Å². The Kier molecular flexibility index (Phi) is 1.90. The zero-order valence-electron chi connectivity index (χ0n) is 7.14. The molecule has 2 aliphatic rings. The molecule has 2 nitrogen and oxygen atoms in total. The summed E-state index contributed by atoms with van der Waals surface area (Å²) in [7, 11) is 0. The van der Waals surface area contributed by atoms with E-state index in [1.54, 1.807) is 0 Å². The highest BCUT2D eigenvalue weighted by Crippen LogP contribution is 2.38. The van der Waals surface area contributed by atoms with E-state index in [0.29, 0.717) is 0 Å². The average molecular weight is 156 g/mol. The summed E-state index contributed by atoms with van der Waals surface area (Å²) < 4.78 is 11.3. The lowest BCUT2D eigenvalue weighted by Crippen LogP contribution is -2.35. The Morgan fingerprint density at radius 2 is 2.00 bits per heavy atom. The van der Waals surface area contributed by atoms with Crippen molar-refractivity contribution in [2.75, 3.05) is 13.2 Å². The third-order valence-electron chi connectivity index (χ3n) is 2.73. The molecule has 2 heteroatoms. The van der Waals surface area contributed by atoms with Gasteiger partial charge in [-0.05, 0) is 12.3 Å². The van der Waals surface area contributed by atoms with Crippen LogP contribution in [0.3, 0.4) is 0 Å². The summed E-state index contributed by atoms with van der Waals surface area (Å²) in [6.45, 7) is 3.88. The SMILES string of the molecule is C[C@@H]1CCCC2(C1)OCCO2. The zero-order chi connectivity index (χ0) is 7.73. The summed E-state index contributed by atoms with van der Waals surface area (Å²) >= 11 is 0. The largest absolute Gasteiger partial charge is 0.348 e. The van der Waals surface area contributed by atoms with E-state index in [1.165, 1.54) is 12.8 Å². The minimum Gasteiger partial charge on any atom is -0.348 e. The molecule has 1 atom stereocenters. The summed E-state index contributed by atoms with van der Waals surface area (Å²) in [5, 5.41) is 0. The second-order valence-corrected chi connectivity index (χ2v) is 3.81. The van der Waals surface area contributed by atoms with Gasteiger partial charge >= 0.3 is 0 Å². The molecule has 11 heavy (non-hydrogen) atoms. The molecule has 1 heterocycles. The van der Waals surface area contributed by atoms with Gasteiger partial charge in [-0.2, -0.15) is 0 Å². The number of hydrogen-bond acceptors (Lipinski definition) is 2. The standard InChI is InChI=1S/C9H16O2/c1-8-3-2-4-9(7-8)10-5-6-11-9/h8H,2-7H2,1H3/t8-/m1/s1. The van der Waals surface area contributed by atoms with Crippen LogP contribution in [0.15, 0.2) is 0 Å². The quantitative estimate of drug-likeness (QED) is 0.533. The minimum absolute atomic E-state index is 0.155. The van der Waals surface area contributed by atoms with Crippen molar-refractivity contribution in [2.24, 2.45) is 5.92 Å². The average Bonchev–Trinajstić information content (AvgIpc) is 2.37. The van der Waals surface area contributed by atoms with E-state index >= 15 is 0 Å². The van der Waals surface area contributed by atoms with Crippen molar-refractivity contribution in [3.8, 4) is 0 Å². The molecular formula is C9H16O2. The van der Waals surface area contributed by atoms with Gasteiger partial charge in [-0.15, -0.1) is 0 Å². The van der Waals surface area contributed by atoms with Crippen molar-refractivity contribution < 1.29 is 9.47 Å². The Balaban J connectivity index is 2.00. The topological polar surface area (TPSA) is 18.5 Å². The summed E-state index contributed by atoms with van der Waals surface area (Å²) in [6, 6.07) is 0. The molecule has 1 saturated heterocycles. The number of rotatable bonds is 0. The molecule has 0 radical (unpaired) electrons. The lowest BCUT2D eigenvalue weighted by atomic mass is 9.86. The van der Waals surface area contributed by atoms with Crippen LogP contribution in [0.25, 0.3) is 0 Å². The van der Waals surface area contributed by atoms with E-state index in [1.807, 2.05) is 0 Å². The van der Waals surface area contributed by atoms with Crippen LogP contribution < -0.4 is 0 Å².